The van der Waals surface area contributed by atoms with Gasteiger partial charge in [0.15, 0.2) is 6.73 Å². The summed E-state index contributed by atoms with van der Waals surface area (Å²) in [5, 5.41) is 0. The normalized spacial score (nSPS) is 12.5. The standard InChI is InChI=1S/C15H9BrFN3O/c16-14-13(9-2-1-3-10(17)6-9)20-8-21-12-4-5-18-7-11(12)15(20)19-14/h1-7H,8H2. The second-order valence-corrected chi connectivity index (χ2v) is 5.41. The van der Waals surface area contributed by atoms with Crippen molar-refractivity contribution >= 4 is 15.9 Å². The molecule has 0 spiro atoms. The minimum absolute atomic E-state index is 0.284. The monoisotopic (exact) mass is 345 g/mol. The van der Waals surface area contributed by atoms with Crippen molar-refractivity contribution in [2.75, 3.05) is 0 Å². The van der Waals surface area contributed by atoms with Gasteiger partial charge in [-0.05, 0) is 34.1 Å². The van der Waals surface area contributed by atoms with E-state index >= 15 is 0 Å². The summed E-state index contributed by atoms with van der Waals surface area (Å²) in [6.07, 6.45) is 3.40. The summed E-state index contributed by atoms with van der Waals surface area (Å²) in [6.45, 7) is 0.330. The number of imidazole rings is 1. The lowest BCUT2D eigenvalue weighted by molar-refractivity contribution is 0.231. The summed E-state index contributed by atoms with van der Waals surface area (Å²) in [4.78, 5) is 8.65. The molecular formula is C15H9BrFN3O. The van der Waals surface area contributed by atoms with Gasteiger partial charge in [0.2, 0.25) is 0 Å². The first-order valence-corrected chi connectivity index (χ1v) is 7.12. The molecule has 1 aliphatic heterocycles. The van der Waals surface area contributed by atoms with Gasteiger partial charge in [-0.1, -0.05) is 12.1 Å². The van der Waals surface area contributed by atoms with Crippen LogP contribution >= 0.6 is 15.9 Å². The second kappa shape index (κ2) is 4.66. The Balaban J connectivity index is 1.95. The fourth-order valence-corrected chi connectivity index (χ4v) is 3.09. The van der Waals surface area contributed by atoms with Gasteiger partial charge in [-0.25, -0.2) is 9.37 Å². The van der Waals surface area contributed by atoms with Gasteiger partial charge in [0.25, 0.3) is 0 Å². The first kappa shape index (κ1) is 12.5. The van der Waals surface area contributed by atoms with E-state index in [-0.39, 0.29) is 5.82 Å². The van der Waals surface area contributed by atoms with Gasteiger partial charge in [-0.15, -0.1) is 0 Å². The molecule has 3 heterocycles. The lowest BCUT2D eigenvalue weighted by Crippen LogP contribution is -2.14. The molecule has 1 aliphatic rings. The van der Waals surface area contributed by atoms with E-state index in [0.29, 0.717) is 11.3 Å². The van der Waals surface area contributed by atoms with Crippen LogP contribution < -0.4 is 4.74 Å². The Morgan fingerprint density at radius 2 is 2.19 bits per heavy atom. The number of nitrogens with zero attached hydrogens (tertiary/aromatic N) is 3. The van der Waals surface area contributed by atoms with Gasteiger partial charge in [-0.2, -0.15) is 0 Å². The fraction of sp³-hybridized carbons (Fsp3) is 0.0667. The quantitative estimate of drug-likeness (QED) is 0.672. The second-order valence-electron chi connectivity index (χ2n) is 4.66. The topological polar surface area (TPSA) is 39.9 Å². The van der Waals surface area contributed by atoms with E-state index in [4.69, 9.17) is 4.74 Å². The highest BCUT2D eigenvalue weighted by molar-refractivity contribution is 9.10. The van der Waals surface area contributed by atoms with E-state index in [1.807, 2.05) is 16.7 Å². The van der Waals surface area contributed by atoms with Gasteiger partial charge in [0.05, 0.1) is 11.3 Å². The molecule has 0 radical (unpaired) electrons. The first-order chi connectivity index (χ1) is 10.2. The predicted octanol–water partition coefficient (Wildman–Crippen LogP) is 3.86. The molecule has 0 atom stereocenters. The van der Waals surface area contributed by atoms with Crippen molar-refractivity contribution in [3.8, 4) is 28.4 Å². The van der Waals surface area contributed by atoms with E-state index in [1.165, 1.54) is 12.1 Å². The molecule has 0 bridgehead atoms. The maximum absolute atomic E-state index is 13.5. The van der Waals surface area contributed by atoms with E-state index < -0.39 is 0 Å². The Hall–Kier alpha value is -2.21. The molecule has 3 aromatic rings. The molecule has 4 rings (SSSR count). The van der Waals surface area contributed by atoms with Crippen molar-refractivity contribution in [2.24, 2.45) is 0 Å². The third-order valence-corrected chi connectivity index (χ3v) is 3.95. The lowest BCUT2D eigenvalue weighted by Gasteiger charge is -2.20. The van der Waals surface area contributed by atoms with Gasteiger partial charge < -0.3 is 4.74 Å². The van der Waals surface area contributed by atoms with Crippen LogP contribution in [-0.4, -0.2) is 14.5 Å². The van der Waals surface area contributed by atoms with Gasteiger partial charge in [-0.3, -0.25) is 9.55 Å². The van der Waals surface area contributed by atoms with E-state index in [0.717, 1.165) is 28.4 Å². The molecule has 6 heteroatoms. The summed E-state index contributed by atoms with van der Waals surface area (Å²) in [5.74, 6) is 1.23. The van der Waals surface area contributed by atoms with Crippen LogP contribution in [0, 0.1) is 5.82 Å². The van der Waals surface area contributed by atoms with Crippen molar-refractivity contribution in [1.82, 2.24) is 14.5 Å². The Morgan fingerprint density at radius 3 is 3.05 bits per heavy atom. The van der Waals surface area contributed by atoms with Crippen molar-refractivity contribution in [2.45, 2.75) is 6.73 Å². The number of benzene rings is 1. The van der Waals surface area contributed by atoms with Crippen LogP contribution in [0.15, 0.2) is 47.3 Å². The molecule has 0 amide bonds. The smallest absolute Gasteiger partial charge is 0.167 e. The maximum atomic E-state index is 13.5. The van der Waals surface area contributed by atoms with E-state index in [2.05, 4.69) is 25.9 Å². The van der Waals surface area contributed by atoms with Gasteiger partial charge >= 0.3 is 0 Å². The van der Waals surface area contributed by atoms with Crippen LogP contribution in [0.3, 0.4) is 0 Å². The van der Waals surface area contributed by atoms with E-state index in [1.54, 1.807) is 18.5 Å². The molecule has 2 aromatic heterocycles. The Labute approximate surface area is 128 Å². The van der Waals surface area contributed by atoms with E-state index in [9.17, 15) is 4.39 Å². The maximum Gasteiger partial charge on any atom is 0.167 e. The summed E-state index contributed by atoms with van der Waals surface area (Å²) in [7, 11) is 0. The predicted molar refractivity (Wildman–Crippen MR) is 79.2 cm³/mol. The summed E-state index contributed by atoms with van der Waals surface area (Å²) in [5.41, 5.74) is 2.36. The molecule has 21 heavy (non-hydrogen) atoms. The molecule has 1 aromatic carbocycles. The minimum atomic E-state index is -0.284. The van der Waals surface area contributed by atoms with Crippen LogP contribution in [0.1, 0.15) is 0 Å². The van der Waals surface area contributed by atoms with Crippen LogP contribution in [0.4, 0.5) is 4.39 Å². The third-order valence-electron chi connectivity index (χ3n) is 3.39. The Bertz CT molecular complexity index is 847. The zero-order valence-corrected chi connectivity index (χ0v) is 12.3. The van der Waals surface area contributed by atoms with Gasteiger partial charge in [0, 0.05) is 18.0 Å². The number of aromatic nitrogens is 3. The van der Waals surface area contributed by atoms with Crippen molar-refractivity contribution in [1.29, 1.82) is 0 Å². The average Bonchev–Trinajstić information content (AvgIpc) is 2.83. The van der Waals surface area contributed by atoms with Crippen molar-refractivity contribution in [3.63, 3.8) is 0 Å². The van der Waals surface area contributed by atoms with Crippen LogP contribution in [0.25, 0.3) is 22.6 Å². The number of ether oxygens (including phenoxy) is 1. The Morgan fingerprint density at radius 1 is 1.29 bits per heavy atom. The molecule has 0 unspecified atom stereocenters. The van der Waals surface area contributed by atoms with Crippen LogP contribution in [0.2, 0.25) is 0 Å². The molecular weight excluding hydrogens is 337 g/mol. The summed E-state index contributed by atoms with van der Waals surface area (Å²) in [6, 6.07) is 8.23. The molecule has 0 N–H and O–H groups in total. The van der Waals surface area contributed by atoms with Crippen LogP contribution in [-0.2, 0) is 6.73 Å². The number of rotatable bonds is 1. The number of hydrogen-bond donors (Lipinski definition) is 0. The first-order valence-electron chi connectivity index (χ1n) is 6.33. The largest absolute Gasteiger partial charge is 0.472 e. The summed E-state index contributed by atoms with van der Waals surface area (Å²) >= 11 is 3.46. The minimum Gasteiger partial charge on any atom is -0.472 e. The highest BCUT2D eigenvalue weighted by Crippen LogP contribution is 2.39. The number of halogens is 2. The molecule has 0 aliphatic carbocycles. The number of hydrogen-bond acceptors (Lipinski definition) is 3. The fourth-order valence-electron chi connectivity index (χ4n) is 2.48. The lowest BCUT2D eigenvalue weighted by atomic mass is 10.1. The highest BCUT2D eigenvalue weighted by atomic mass is 79.9. The SMILES string of the molecule is Fc1cccc(-c2c(Br)nc3n2COc2ccncc2-3)c1. The summed E-state index contributed by atoms with van der Waals surface area (Å²) < 4.78 is 21.8. The number of pyridine rings is 1. The zero-order chi connectivity index (χ0) is 14.4. The molecule has 0 saturated carbocycles. The zero-order valence-electron chi connectivity index (χ0n) is 10.8. The molecule has 0 fully saturated rings. The average molecular weight is 346 g/mol. The van der Waals surface area contributed by atoms with Crippen LogP contribution in [0.5, 0.6) is 5.75 Å². The highest BCUT2D eigenvalue weighted by Gasteiger charge is 2.24. The Kier molecular flexibility index (Phi) is 2.78. The molecule has 0 saturated heterocycles. The van der Waals surface area contributed by atoms with Crippen molar-refractivity contribution in [3.05, 3.63) is 53.1 Å². The van der Waals surface area contributed by atoms with Gasteiger partial charge in [0.1, 0.15) is 22.0 Å². The van der Waals surface area contributed by atoms with Crippen molar-refractivity contribution < 1.29 is 9.13 Å². The molecule has 104 valence electrons. The third kappa shape index (κ3) is 1.94. The number of fused-ring (bicyclic) bond motifs is 3. The molecule has 4 nitrogen and oxygen atoms in total.